The van der Waals surface area contributed by atoms with E-state index >= 15 is 0 Å². The van der Waals surface area contributed by atoms with E-state index in [1.807, 2.05) is 12.1 Å². The number of hydrogen-bond acceptors (Lipinski definition) is 4. The normalized spacial score (nSPS) is 11.2. The van der Waals surface area contributed by atoms with E-state index in [0.29, 0.717) is 22.6 Å². The first-order chi connectivity index (χ1) is 19.6. The average Bonchev–Trinajstić information content (AvgIpc) is 2.99. The molecule has 0 saturated heterocycles. The largest absolute Gasteiger partial charge is 0.495 e. The lowest BCUT2D eigenvalue weighted by atomic mass is 9.87. The maximum Gasteiger partial charge on any atom is 0.153 e. The van der Waals surface area contributed by atoms with Crippen LogP contribution in [0.2, 0.25) is 0 Å². The Morgan fingerprint density at radius 2 is 1.00 bits per heavy atom. The van der Waals surface area contributed by atoms with E-state index in [1.165, 1.54) is 49.7 Å². The number of aldehydes is 2. The summed E-state index contributed by atoms with van der Waals surface area (Å²) < 4.78 is 11.8. The molecule has 0 aliphatic carbocycles. The number of hydrogen-bond donors (Lipinski definition) is 0. The second-order valence-electron chi connectivity index (χ2n) is 10.7. The number of aryl methyl sites for hydroxylation is 2. The monoisotopic (exact) mass is 538 g/mol. The van der Waals surface area contributed by atoms with Gasteiger partial charge in [0.1, 0.15) is 11.5 Å². The van der Waals surface area contributed by atoms with Crippen LogP contribution in [-0.2, 0) is 12.8 Å². The van der Waals surface area contributed by atoms with Gasteiger partial charge in [0.15, 0.2) is 12.6 Å². The lowest BCUT2D eigenvalue weighted by molar-refractivity contribution is 0.111. The lowest BCUT2D eigenvalue weighted by Gasteiger charge is -2.21. The Hall–Kier alpha value is -3.66. The zero-order valence-corrected chi connectivity index (χ0v) is 24.5. The Labute approximate surface area is 238 Å². The minimum absolute atomic E-state index is 0.479. The molecule has 0 fully saturated rings. The van der Waals surface area contributed by atoms with E-state index in [-0.39, 0.29) is 0 Å². The van der Waals surface area contributed by atoms with Crippen molar-refractivity contribution in [3.05, 3.63) is 70.8 Å². The van der Waals surface area contributed by atoms with Crippen molar-refractivity contribution < 1.29 is 19.1 Å². The van der Waals surface area contributed by atoms with Crippen LogP contribution in [0.15, 0.2) is 48.5 Å². The molecule has 4 rings (SSSR count). The first kappa shape index (κ1) is 29.3. The van der Waals surface area contributed by atoms with Crippen LogP contribution in [0.4, 0.5) is 0 Å². The highest BCUT2D eigenvalue weighted by Crippen LogP contribution is 2.48. The molecule has 0 N–H and O–H groups in total. The highest BCUT2D eigenvalue weighted by Gasteiger charge is 2.24. The van der Waals surface area contributed by atoms with Crippen LogP contribution in [0, 0.1) is 0 Å². The van der Waals surface area contributed by atoms with Gasteiger partial charge in [-0.25, -0.2) is 0 Å². The van der Waals surface area contributed by atoms with E-state index in [4.69, 9.17) is 9.47 Å². The molecule has 0 aliphatic heterocycles. The second-order valence-corrected chi connectivity index (χ2v) is 10.7. The molecule has 4 nitrogen and oxygen atoms in total. The van der Waals surface area contributed by atoms with Gasteiger partial charge in [-0.05, 0) is 70.5 Å². The summed E-state index contributed by atoms with van der Waals surface area (Å²) in [4.78, 5) is 24.6. The maximum atomic E-state index is 12.3. The fourth-order valence-electron chi connectivity index (χ4n) is 5.85. The van der Waals surface area contributed by atoms with Crippen molar-refractivity contribution in [2.75, 3.05) is 14.2 Å². The van der Waals surface area contributed by atoms with Crippen molar-refractivity contribution in [2.24, 2.45) is 0 Å². The van der Waals surface area contributed by atoms with E-state index in [9.17, 15) is 9.59 Å². The molecular weight excluding hydrogens is 496 g/mol. The topological polar surface area (TPSA) is 52.6 Å². The summed E-state index contributed by atoms with van der Waals surface area (Å²) in [6.07, 6.45) is 13.3. The number of carbonyl (C=O) groups is 2. The number of ether oxygens (including phenoxy) is 2. The Morgan fingerprint density at radius 1 is 0.575 bits per heavy atom. The van der Waals surface area contributed by atoms with Gasteiger partial charge in [-0.15, -0.1) is 0 Å². The molecule has 0 spiro atoms. The van der Waals surface area contributed by atoms with Crippen LogP contribution >= 0.6 is 0 Å². The highest BCUT2D eigenvalue weighted by atomic mass is 16.5. The minimum Gasteiger partial charge on any atom is -0.495 e. The van der Waals surface area contributed by atoms with Crippen molar-refractivity contribution in [3.63, 3.8) is 0 Å². The molecule has 0 atom stereocenters. The standard InChI is InChI=1S/C36H42O4/c1-5-7-9-11-13-25-15-17-31-27(19-25)21-29(23-37)35(39-3)33(31)34-32-18-16-26(14-12-10-8-6-2)20-28(32)22-30(24-38)36(34)40-4/h15-24H,5-14H2,1-4H3. The number of benzene rings is 4. The molecule has 4 aromatic rings. The summed E-state index contributed by atoms with van der Waals surface area (Å²) >= 11 is 0. The van der Waals surface area contributed by atoms with Crippen LogP contribution in [0.1, 0.15) is 97.1 Å². The van der Waals surface area contributed by atoms with Crippen molar-refractivity contribution >= 4 is 34.1 Å². The number of methoxy groups -OCH3 is 2. The zero-order valence-electron chi connectivity index (χ0n) is 24.5. The van der Waals surface area contributed by atoms with Gasteiger partial charge in [0.05, 0.1) is 25.3 Å². The van der Waals surface area contributed by atoms with Gasteiger partial charge in [-0.1, -0.05) is 88.8 Å². The first-order valence-electron chi connectivity index (χ1n) is 14.8. The molecule has 0 bridgehead atoms. The van der Waals surface area contributed by atoms with Gasteiger partial charge in [-0.3, -0.25) is 9.59 Å². The van der Waals surface area contributed by atoms with E-state index in [0.717, 1.165) is 70.9 Å². The van der Waals surface area contributed by atoms with Crippen molar-refractivity contribution in [2.45, 2.75) is 78.1 Å². The van der Waals surface area contributed by atoms with Gasteiger partial charge in [-0.2, -0.15) is 0 Å². The van der Waals surface area contributed by atoms with Crippen LogP contribution in [0.5, 0.6) is 11.5 Å². The molecule has 0 unspecified atom stereocenters. The third-order valence-corrected chi connectivity index (χ3v) is 7.92. The third kappa shape index (κ3) is 6.22. The SMILES string of the molecule is CCCCCCc1ccc2c(-c3c(OC)c(C=O)cc4cc(CCCCCC)ccc34)c(OC)c(C=O)cc2c1. The van der Waals surface area contributed by atoms with E-state index in [2.05, 4.69) is 50.2 Å². The molecule has 210 valence electrons. The molecule has 40 heavy (non-hydrogen) atoms. The smallest absolute Gasteiger partial charge is 0.153 e. The number of unbranched alkanes of at least 4 members (excludes halogenated alkanes) is 6. The van der Waals surface area contributed by atoms with Gasteiger partial charge in [0.25, 0.3) is 0 Å². The molecule has 4 aromatic carbocycles. The molecule has 4 heteroatoms. The Bertz CT molecular complexity index is 1370. The fraction of sp³-hybridized carbons (Fsp3) is 0.389. The van der Waals surface area contributed by atoms with Crippen molar-refractivity contribution in [1.29, 1.82) is 0 Å². The molecule has 0 aliphatic rings. The predicted molar refractivity (Wildman–Crippen MR) is 166 cm³/mol. The molecule has 0 aromatic heterocycles. The Balaban J connectivity index is 1.95. The Morgan fingerprint density at radius 3 is 1.35 bits per heavy atom. The molecule has 0 heterocycles. The predicted octanol–water partition coefficient (Wildman–Crippen LogP) is 9.55. The van der Waals surface area contributed by atoms with Crippen LogP contribution in [0.25, 0.3) is 32.7 Å². The van der Waals surface area contributed by atoms with Gasteiger partial charge >= 0.3 is 0 Å². The van der Waals surface area contributed by atoms with Crippen LogP contribution < -0.4 is 9.47 Å². The molecule has 0 saturated carbocycles. The number of fused-ring (bicyclic) bond motifs is 2. The quantitative estimate of drug-likeness (QED) is 0.112. The molecular formula is C36H42O4. The van der Waals surface area contributed by atoms with Crippen LogP contribution in [-0.4, -0.2) is 26.8 Å². The fourth-order valence-corrected chi connectivity index (χ4v) is 5.85. The van der Waals surface area contributed by atoms with Gasteiger partial charge in [0, 0.05) is 11.1 Å². The van der Waals surface area contributed by atoms with Gasteiger partial charge in [0.2, 0.25) is 0 Å². The second kappa shape index (κ2) is 14.1. The summed E-state index contributed by atoms with van der Waals surface area (Å²) in [6, 6.07) is 16.8. The summed E-state index contributed by atoms with van der Waals surface area (Å²) in [5.41, 5.74) is 5.02. The van der Waals surface area contributed by atoms with Crippen molar-refractivity contribution in [3.8, 4) is 22.6 Å². The van der Waals surface area contributed by atoms with Crippen LogP contribution in [0.3, 0.4) is 0 Å². The summed E-state index contributed by atoms with van der Waals surface area (Å²) in [5, 5.41) is 3.88. The van der Waals surface area contributed by atoms with Gasteiger partial charge < -0.3 is 9.47 Å². The first-order valence-corrected chi connectivity index (χ1v) is 14.8. The molecule has 0 amide bonds. The average molecular weight is 539 g/mol. The summed E-state index contributed by atoms with van der Waals surface area (Å²) in [6.45, 7) is 4.44. The third-order valence-electron chi connectivity index (χ3n) is 7.92. The lowest BCUT2D eigenvalue weighted by Crippen LogP contribution is -2.01. The molecule has 0 radical (unpaired) electrons. The minimum atomic E-state index is 0.479. The highest BCUT2D eigenvalue weighted by molar-refractivity contribution is 6.14. The zero-order chi connectivity index (χ0) is 28.5. The van der Waals surface area contributed by atoms with E-state index < -0.39 is 0 Å². The number of carbonyl (C=O) groups excluding carboxylic acids is 2. The summed E-state index contributed by atoms with van der Waals surface area (Å²) in [5.74, 6) is 0.981. The summed E-state index contributed by atoms with van der Waals surface area (Å²) in [7, 11) is 3.18. The van der Waals surface area contributed by atoms with Crippen molar-refractivity contribution in [1.82, 2.24) is 0 Å². The number of rotatable bonds is 15. The maximum absolute atomic E-state index is 12.3. The Kier molecular flexibility index (Phi) is 10.3. The van der Waals surface area contributed by atoms with E-state index in [1.54, 1.807) is 14.2 Å².